The molecular formula is C28H29F3N4O5S. The third-order valence-corrected chi connectivity index (χ3v) is 8.81. The maximum Gasteiger partial charge on any atom is 0.573 e. The first-order valence-electron chi connectivity index (χ1n) is 12.9. The first-order valence-corrected chi connectivity index (χ1v) is 14.4. The molecule has 2 aliphatic heterocycles. The number of hydrogen-bond acceptors (Lipinski definition) is 6. The largest absolute Gasteiger partial charge is 0.573 e. The maximum absolute atomic E-state index is 13.3. The van der Waals surface area contributed by atoms with Gasteiger partial charge in [0.05, 0.1) is 23.1 Å². The van der Waals surface area contributed by atoms with Crippen LogP contribution in [0.25, 0.3) is 0 Å². The fourth-order valence-corrected chi connectivity index (χ4v) is 6.69. The van der Waals surface area contributed by atoms with Gasteiger partial charge in [0.1, 0.15) is 5.75 Å². The predicted molar refractivity (Wildman–Crippen MR) is 145 cm³/mol. The molecule has 3 aromatic rings. The summed E-state index contributed by atoms with van der Waals surface area (Å²) in [6, 6.07) is 17.0. The zero-order valence-corrected chi connectivity index (χ0v) is 22.8. The molecule has 0 aliphatic carbocycles. The van der Waals surface area contributed by atoms with Crippen LogP contribution in [-0.4, -0.2) is 69.1 Å². The second-order valence-corrected chi connectivity index (χ2v) is 11.6. The average Bonchev–Trinajstić information content (AvgIpc) is 3.10. The number of para-hydroxylation sites is 2. The summed E-state index contributed by atoms with van der Waals surface area (Å²) in [4.78, 5) is 15.9. The van der Waals surface area contributed by atoms with Crippen molar-refractivity contribution in [2.45, 2.75) is 42.3 Å². The Kier molecular flexibility index (Phi) is 7.86. The minimum atomic E-state index is -4.92. The molecule has 3 aromatic carbocycles. The lowest BCUT2D eigenvalue weighted by Crippen LogP contribution is -2.66. The summed E-state index contributed by atoms with van der Waals surface area (Å²) in [5, 5.41) is 14.3. The summed E-state index contributed by atoms with van der Waals surface area (Å²) in [6.07, 6.45) is -4.67. The van der Waals surface area contributed by atoms with Crippen molar-refractivity contribution < 1.29 is 36.2 Å². The van der Waals surface area contributed by atoms with Crippen LogP contribution in [0.3, 0.4) is 0 Å². The van der Waals surface area contributed by atoms with E-state index >= 15 is 0 Å². The van der Waals surface area contributed by atoms with Crippen LogP contribution in [0.5, 0.6) is 5.75 Å². The number of likely N-dealkylation sites (tertiary alicyclic amines) is 1. The Bertz CT molecular complexity index is 1470. The van der Waals surface area contributed by atoms with Gasteiger partial charge in [-0.1, -0.05) is 36.4 Å². The van der Waals surface area contributed by atoms with Crippen LogP contribution in [0.15, 0.2) is 77.7 Å². The van der Waals surface area contributed by atoms with E-state index in [-0.39, 0.29) is 18.0 Å². The van der Waals surface area contributed by atoms with Gasteiger partial charge in [-0.25, -0.2) is 17.9 Å². The number of halogens is 3. The fraction of sp³-hybridized carbons (Fsp3) is 0.321. The van der Waals surface area contributed by atoms with Crippen LogP contribution < -0.4 is 19.7 Å². The summed E-state index contributed by atoms with van der Waals surface area (Å²) in [5.74, 6) is -0.571. The molecule has 2 heterocycles. The Morgan fingerprint density at radius 3 is 2.02 bits per heavy atom. The standard InChI is InChI=1S/C28H29F3N4O5S/c1-32-27(37)34-16-22(33-41(38,39)21-14-12-20(13-15-21)40-28(29,30)31)26(36)25(17-34)35-23-8-4-2-6-18(23)10-11-19-7-3-5-9-24(19)35/h2-9,12-15,22,25-26,33,36H,10-11,16-17H2,1H3,(H,32,37)/t22-,25+,26+/m1/s1. The van der Waals surface area contributed by atoms with Gasteiger partial charge in [0.2, 0.25) is 10.0 Å². The van der Waals surface area contributed by atoms with Crippen LogP contribution in [0.1, 0.15) is 11.1 Å². The molecule has 1 saturated heterocycles. The Morgan fingerprint density at radius 1 is 0.927 bits per heavy atom. The molecule has 5 rings (SSSR count). The molecule has 41 heavy (non-hydrogen) atoms. The molecular weight excluding hydrogens is 561 g/mol. The van der Waals surface area contributed by atoms with Crippen LogP contribution in [0.2, 0.25) is 0 Å². The SMILES string of the molecule is CNC(=O)N1C[C@@H](NS(=O)(=O)c2ccc(OC(F)(F)F)cc2)[C@H](O)[C@@H](N2c3ccccc3CCc3ccccc32)C1. The van der Waals surface area contributed by atoms with E-state index in [1.54, 1.807) is 0 Å². The molecule has 3 N–H and O–H groups in total. The number of rotatable bonds is 5. The normalized spacial score (nSPS) is 21.0. The lowest BCUT2D eigenvalue weighted by Gasteiger charge is -2.47. The van der Waals surface area contributed by atoms with E-state index in [9.17, 15) is 31.5 Å². The van der Waals surface area contributed by atoms with Gasteiger partial charge in [-0.15, -0.1) is 13.2 Å². The molecule has 1 fully saturated rings. The summed E-state index contributed by atoms with van der Waals surface area (Å²) < 4.78 is 70.5. The number of nitrogens with zero attached hydrogens (tertiary/aromatic N) is 2. The number of alkyl halides is 3. The van der Waals surface area contributed by atoms with Crippen molar-refractivity contribution in [1.29, 1.82) is 0 Å². The van der Waals surface area contributed by atoms with Gasteiger partial charge >= 0.3 is 12.4 Å². The number of urea groups is 1. The van der Waals surface area contributed by atoms with Crippen LogP contribution in [-0.2, 0) is 22.9 Å². The van der Waals surface area contributed by atoms with Crippen molar-refractivity contribution in [1.82, 2.24) is 14.9 Å². The van der Waals surface area contributed by atoms with E-state index in [0.717, 1.165) is 59.6 Å². The molecule has 13 heteroatoms. The number of piperidine rings is 1. The molecule has 2 aliphatic rings. The lowest BCUT2D eigenvalue weighted by atomic mass is 9.94. The van der Waals surface area contributed by atoms with Gasteiger partial charge in [0, 0.05) is 31.5 Å². The number of ether oxygens (including phenoxy) is 1. The highest BCUT2D eigenvalue weighted by molar-refractivity contribution is 7.89. The van der Waals surface area contributed by atoms with E-state index < -0.39 is 46.4 Å². The number of anilines is 2. The number of fused-ring (bicyclic) bond motifs is 2. The molecule has 0 unspecified atom stereocenters. The minimum absolute atomic E-state index is 0.102. The van der Waals surface area contributed by atoms with Gasteiger partial charge in [-0.2, -0.15) is 0 Å². The van der Waals surface area contributed by atoms with E-state index in [1.807, 2.05) is 53.4 Å². The fourth-order valence-electron chi connectivity index (χ4n) is 5.45. The first-order chi connectivity index (χ1) is 19.5. The Morgan fingerprint density at radius 2 is 1.49 bits per heavy atom. The molecule has 3 atom stereocenters. The molecule has 2 amide bonds. The van der Waals surface area contributed by atoms with Gasteiger partial charge < -0.3 is 25.0 Å². The van der Waals surface area contributed by atoms with E-state index in [0.29, 0.717) is 0 Å². The molecule has 0 radical (unpaired) electrons. The highest BCUT2D eigenvalue weighted by Crippen LogP contribution is 2.39. The zero-order valence-electron chi connectivity index (χ0n) is 22.0. The van der Waals surface area contributed by atoms with Gasteiger partial charge in [0.15, 0.2) is 0 Å². The van der Waals surface area contributed by atoms with Crippen molar-refractivity contribution in [3.63, 3.8) is 0 Å². The molecule has 218 valence electrons. The quantitative estimate of drug-likeness (QED) is 0.419. The number of aliphatic hydroxyl groups excluding tert-OH is 1. The monoisotopic (exact) mass is 590 g/mol. The number of aryl methyl sites for hydroxylation is 2. The van der Waals surface area contributed by atoms with Crippen LogP contribution >= 0.6 is 0 Å². The van der Waals surface area contributed by atoms with Gasteiger partial charge in [-0.05, 0) is 60.4 Å². The second kappa shape index (κ2) is 11.2. The van der Waals surface area contributed by atoms with Crippen LogP contribution in [0, 0.1) is 0 Å². The number of nitrogens with one attached hydrogen (secondary N) is 2. The number of sulfonamides is 1. The number of amides is 2. The molecule has 0 spiro atoms. The second-order valence-electron chi connectivity index (χ2n) is 9.89. The number of hydrogen-bond donors (Lipinski definition) is 3. The van der Waals surface area contributed by atoms with Crippen molar-refractivity contribution in [2.24, 2.45) is 0 Å². The summed E-state index contributed by atoms with van der Waals surface area (Å²) >= 11 is 0. The van der Waals surface area contributed by atoms with Crippen molar-refractivity contribution in [3.8, 4) is 5.75 Å². The third kappa shape index (κ3) is 6.11. The number of carbonyl (C=O) groups excluding carboxylic acids is 1. The Labute approximate surface area is 235 Å². The van der Waals surface area contributed by atoms with Crippen LogP contribution in [0.4, 0.5) is 29.3 Å². The third-order valence-electron chi connectivity index (χ3n) is 7.30. The topological polar surface area (TPSA) is 111 Å². The lowest BCUT2D eigenvalue weighted by molar-refractivity contribution is -0.274. The van der Waals surface area contributed by atoms with E-state index in [1.165, 1.54) is 11.9 Å². The van der Waals surface area contributed by atoms with Crippen molar-refractivity contribution in [2.75, 3.05) is 25.0 Å². The van der Waals surface area contributed by atoms with E-state index in [2.05, 4.69) is 14.8 Å². The summed E-state index contributed by atoms with van der Waals surface area (Å²) in [7, 11) is -2.85. The smallest absolute Gasteiger partial charge is 0.406 e. The molecule has 0 aromatic heterocycles. The average molecular weight is 591 g/mol. The highest BCUT2D eigenvalue weighted by Gasteiger charge is 2.44. The maximum atomic E-state index is 13.3. The molecule has 0 saturated carbocycles. The zero-order chi connectivity index (χ0) is 29.4. The Hall–Kier alpha value is -3.81. The van der Waals surface area contributed by atoms with Gasteiger partial charge in [0.25, 0.3) is 0 Å². The molecule has 9 nitrogen and oxygen atoms in total. The highest BCUT2D eigenvalue weighted by atomic mass is 32.2. The van der Waals surface area contributed by atoms with E-state index in [4.69, 9.17) is 0 Å². The first kappa shape index (κ1) is 28.7. The predicted octanol–water partition coefficient (Wildman–Crippen LogP) is 3.55. The number of benzene rings is 3. The number of aliphatic hydroxyl groups is 1. The van der Waals surface area contributed by atoms with Crippen molar-refractivity contribution >= 4 is 27.4 Å². The minimum Gasteiger partial charge on any atom is -0.406 e. The summed E-state index contributed by atoms with van der Waals surface area (Å²) in [6.45, 7) is -0.0335. The molecule has 0 bridgehead atoms. The Balaban J connectivity index is 1.50. The summed E-state index contributed by atoms with van der Waals surface area (Å²) in [5.41, 5.74) is 3.79. The number of carbonyl (C=O) groups is 1. The van der Waals surface area contributed by atoms with Crippen molar-refractivity contribution in [3.05, 3.63) is 83.9 Å². The van der Waals surface area contributed by atoms with Gasteiger partial charge in [-0.3, -0.25) is 0 Å².